The zero-order chi connectivity index (χ0) is 13.2. The van der Waals surface area contributed by atoms with Gasteiger partial charge in [-0.15, -0.1) is 11.6 Å². The molecule has 0 saturated carbocycles. The zero-order valence-electron chi connectivity index (χ0n) is 9.45. The van der Waals surface area contributed by atoms with Gasteiger partial charge in [-0.3, -0.25) is 0 Å². The molecule has 0 aliphatic rings. The number of hydrogen-bond acceptors (Lipinski definition) is 2. The first-order chi connectivity index (χ1) is 7.73. The highest BCUT2D eigenvalue weighted by molar-refractivity contribution is 7.91. The summed E-state index contributed by atoms with van der Waals surface area (Å²) in [6, 6.07) is 4.31. The molecule has 1 rings (SSSR count). The fourth-order valence-electron chi connectivity index (χ4n) is 1.36. The van der Waals surface area contributed by atoms with Gasteiger partial charge in [-0.25, -0.2) is 12.8 Å². The summed E-state index contributed by atoms with van der Waals surface area (Å²) in [5.74, 6) is -0.469. The van der Waals surface area contributed by atoms with Crippen LogP contribution in [0.3, 0.4) is 0 Å². The van der Waals surface area contributed by atoms with Crippen LogP contribution in [0.1, 0.15) is 12.5 Å². The predicted octanol–water partition coefficient (Wildman–Crippen LogP) is 3.06. The van der Waals surface area contributed by atoms with Crippen molar-refractivity contribution in [3.63, 3.8) is 0 Å². The second-order valence-electron chi connectivity index (χ2n) is 3.95. The molecule has 0 radical (unpaired) electrons. The molecule has 96 valence electrons. The molecular formula is C11H13Cl2FO2S. The van der Waals surface area contributed by atoms with Gasteiger partial charge in [-0.1, -0.05) is 17.7 Å². The molecule has 2 atom stereocenters. The van der Waals surface area contributed by atoms with Crippen LogP contribution in [0.4, 0.5) is 4.39 Å². The summed E-state index contributed by atoms with van der Waals surface area (Å²) in [5, 5.41) is -1.20. The highest BCUT2D eigenvalue weighted by Crippen LogP contribution is 2.24. The van der Waals surface area contributed by atoms with Gasteiger partial charge in [0, 0.05) is 16.8 Å². The van der Waals surface area contributed by atoms with Crippen LogP contribution >= 0.6 is 23.2 Å². The van der Waals surface area contributed by atoms with Crippen LogP contribution in [-0.4, -0.2) is 25.3 Å². The number of hydrogen-bond donors (Lipinski definition) is 0. The van der Waals surface area contributed by atoms with Crippen LogP contribution in [-0.2, 0) is 16.3 Å². The molecule has 0 aromatic heterocycles. The Morgan fingerprint density at radius 2 is 2.00 bits per heavy atom. The summed E-state index contributed by atoms with van der Waals surface area (Å²) in [6.45, 7) is 1.50. The number of benzene rings is 1. The van der Waals surface area contributed by atoms with E-state index in [1.54, 1.807) is 6.07 Å². The Balaban J connectivity index is 2.92. The fourth-order valence-corrected chi connectivity index (χ4v) is 2.94. The van der Waals surface area contributed by atoms with E-state index in [4.69, 9.17) is 23.2 Å². The summed E-state index contributed by atoms with van der Waals surface area (Å²) in [6.07, 6.45) is 1.19. The van der Waals surface area contributed by atoms with Crippen LogP contribution in [0, 0.1) is 5.82 Å². The summed E-state index contributed by atoms with van der Waals surface area (Å²) in [7, 11) is -3.25. The Hall–Kier alpha value is -0.320. The molecular weight excluding hydrogens is 286 g/mol. The maximum absolute atomic E-state index is 13.5. The van der Waals surface area contributed by atoms with Gasteiger partial charge in [0.25, 0.3) is 0 Å². The predicted molar refractivity (Wildman–Crippen MR) is 69.1 cm³/mol. The van der Waals surface area contributed by atoms with E-state index < -0.39 is 26.3 Å². The molecule has 0 bridgehead atoms. The third-order valence-electron chi connectivity index (χ3n) is 2.65. The lowest BCUT2D eigenvalue weighted by Gasteiger charge is -2.17. The average Bonchev–Trinajstić information content (AvgIpc) is 2.21. The minimum absolute atomic E-state index is 0.0846. The van der Waals surface area contributed by atoms with E-state index in [2.05, 4.69) is 0 Å². The Bertz CT molecular complexity index is 482. The van der Waals surface area contributed by atoms with E-state index in [1.165, 1.54) is 19.1 Å². The van der Waals surface area contributed by atoms with Crippen molar-refractivity contribution in [3.8, 4) is 0 Å². The molecule has 0 spiro atoms. The van der Waals surface area contributed by atoms with Gasteiger partial charge < -0.3 is 0 Å². The topological polar surface area (TPSA) is 34.1 Å². The SMILES string of the molecule is CC(C(Cl)Cc1c(F)cccc1Cl)S(C)(=O)=O. The Morgan fingerprint density at radius 1 is 1.41 bits per heavy atom. The van der Waals surface area contributed by atoms with Gasteiger partial charge in [-0.05, 0) is 25.5 Å². The van der Waals surface area contributed by atoms with Gasteiger partial charge in [0.05, 0.1) is 10.6 Å². The quantitative estimate of drug-likeness (QED) is 0.801. The minimum atomic E-state index is -3.25. The molecule has 0 saturated heterocycles. The third-order valence-corrected chi connectivity index (χ3v) is 5.36. The second kappa shape index (κ2) is 5.55. The molecule has 0 N–H and O–H groups in total. The number of alkyl halides is 1. The van der Waals surface area contributed by atoms with Gasteiger partial charge >= 0.3 is 0 Å². The molecule has 0 amide bonds. The third kappa shape index (κ3) is 3.83. The molecule has 0 heterocycles. The van der Waals surface area contributed by atoms with Gasteiger partial charge in [0.15, 0.2) is 9.84 Å². The lowest BCUT2D eigenvalue weighted by atomic mass is 10.1. The zero-order valence-corrected chi connectivity index (χ0v) is 11.8. The fraction of sp³-hybridized carbons (Fsp3) is 0.455. The maximum atomic E-state index is 13.5. The molecule has 6 heteroatoms. The summed E-state index contributed by atoms with van der Waals surface area (Å²) >= 11 is 11.8. The normalized spacial score (nSPS) is 15.6. The van der Waals surface area contributed by atoms with Crippen molar-refractivity contribution in [1.29, 1.82) is 0 Å². The van der Waals surface area contributed by atoms with Crippen molar-refractivity contribution in [3.05, 3.63) is 34.6 Å². The van der Waals surface area contributed by atoms with E-state index in [0.717, 1.165) is 6.26 Å². The first kappa shape index (κ1) is 14.7. The van der Waals surface area contributed by atoms with Crippen LogP contribution < -0.4 is 0 Å². The van der Waals surface area contributed by atoms with E-state index in [0.29, 0.717) is 0 Å². The van der Waals surface area contributed by atoms with Crippen molar-refractivity contribution >= 4 is 33.0 Å². The lowest BCUT2D eigenvalue weighted by Crippen LogP contribution is -2.28. The summed E-state index contributed by atoms with van der Waals surface area (Å²) in [4.78, 5) is 0. The van der Waals surface area contributed by atoms with Crippen molar-refractivity contribution in [2.24, 2.45) is 0 Å². The number of halogens is 3. The van der Waals surface area contributed by atoms with E-state index >= 15 is 0 Å². The van der Waals surface area contributed by atoms with Crippen molar-refractivity contribution < 1.29 is 12.8 Å². The maximum Gasteiger partial charge on any atom is 0.151 e. The van der Waals surface area contributed by atoms with Crippen molar-refractivity contribution in [2.75, 3.05) is 6.26 Å². The smallest absolute Gasteiger partial charge is 0.151 e. The number of rotatable bonds is 4. The highest BCUT2D eigenvalue weighted by atomic mass is 35.5. The van der Waals surface area contributed by atoms with Crippen molar-refractivity contribution in [1.82, 2.24) is 0 Å². The van der Waals surface area contributed by atoms with E-state index in [1.807, 2.05) is 0 Å². The molecule has 1 aromatic carbocycles. The summed E-state index contributed by atoms with van der Waals surface area (Å²) in [5.41, 5.74) is 0.254. The largest absolute Gasteiger partial charge is 0.229 e. The molecule has 0 aliphatic heterocycles. The van der Waals surface area contributed by atoms with E-state index in [9.17, 15) is 12.8 Å². The molecule has 2 nitrogen and oxygen atoms in total. The Labute approximate surface area is 111 Å². The van der Waals surface area contributed by atoms with Crippen LogP contribution in [0.15, 0.2) is 18.2 Å². The highest BCUT2D eigenvalue weighted by Gasteiger charge is 2.25. The van der Waals surface area contributed by atoms with Crippen LogP contribution in [0.25, 0.3) is 0 Å². The molecule has 0 aliphatic carbocycles. The monoisotopic (exact) mass is 298 g/mol. The molecule has 17 heavy (non-hydrogen) atoms. The van der Waals surface area contributed by atoms with Crippen molar-refractivity contribution in [2.45, 2.75) is 24.0 Å². The molecule has 2 unspecified atom stereocenters. The first-order valence-electron chi connectivity index (χ1n) is 4.99. The Kier molecular flexibility index (Phi) is 4.81. The second-order valence-corrected chi connectivity index (χ2v) is 7.33. The summed E-state index contributed by atoms with van der Waals surface area (Å²) < 4.78 is 36.1. The van der Waals surface area contributed by atoms with E-state index in [-0.39, 0.29) is 17.0 Å². The standard InChI is InChI=1S/C11H13Cl2FO2S/c1-7(17(2,15)16)10(13)6-8-9(12)4-3-5-11(8)14/h3-5,7,10H,6H2,1-2H3. The van der Waals surface area contributed by atoms with Gasteiger partial charge in [-0.2, -0.15) is 0 Å². The van der Waals surface area contributed by atoms with Gasteiger partial charge in [0.1, 0.15) is 5.82 Å². The minimum Gasteiger partial charge on any atom is -0.229 e. The lowest BCUT2D eigenvalue weighted by molar-refractivity contribution is 0.578. The van der Waals surface area contributed by atoms with Crippen LogP contribution in [0.2, 0.25) is 5.02 Å². The first-order valence-corrected chi connectivity index (χ1v) is 7.76. The average molecular weight is 299 g/mol. The Morgan fingerprint density at radius 3 is 2.47 bits per heavy atom. The number of sulfone groups is 1. The van der Waals surface area contributed by atoms with Crippen LogP contribution in [0.5, 0.6) is 0 Å². The molecule has 1 aromatic rings. The molecule has 0 fully saturated rings. The van der Waals surface area contributed by atoms with Gasteiger partial charge in [0.2, 0.25) is 0 Å².